The topological polar surface area (TPSA) is 80.4 Å². The lowest BCUT2D eigenvalue weighted by Crippen LogP contribution is -2.27. The molecule has 33 heavy (non-hydrogen) atoms. The molecule has 0 bridgehead atoms. The first-order valence-electron chi connectivity index (χ1n) is 10.6. The first-order valence-corrected chi connectivity index (χ1v) is 11.6. The van der Waals surface area contributed by atoms with Crippen molar-refractivity contribution >= 4 is 23.6 Å². The molecule has 1 aliphatic rings. The van der Waals surface area contributed by atoms with Gasteiger partial charge in [-0.3, -0.25) is 9.59 Å². The number of furan rings is 1. The number of thioether (sulfide) groups is 1. The highest BCUT2D eigenvalue weighted by Gasteiger charge is 2.33. The number of nitrogens with zero attached hydrogens (tertiary/aromatic N) is 3. The maximum atomic E-state index is 12.6. The van der Waals surface area contributed by atoms with Crippen molar-refractivity contribution in [3.8, 4) is 5.69 Å². The molecule has 1 aliphatic heterocycles. The summed E-state index contributed by atoms with van der Waals surface area (Å²) in [4.78, 5) is 30.9. The van der Waals surface area contributed by atoms with Crippen LogP contribution >= 0.6 is 11.8 Å². The second-order valence-electron chi connectivity index (χ2n) is 7.71. The predicted molar refractivity (Wildman–Crippen MR) is 126 cm³/mol. The summed E-state index contributed by atoms with van der Waals surface area (Å²) < 4.78 is 7.33. The van der Waals surface area contributed by atoms with E-state index < -0.39 is 0 Å². The summed E-state index contributed by atoms with van der Waals surface area (Å²) in [7, 11) is 0. The Bertz CT molecular complexity index is 1220. The fourth-order valence-electron chi connectivity index (χ4n) is 3.75. The van der Waals surface area contributed by atoms with Crippen molar-refractivity contribution in [3.05, 3.63) is 108 Å². The van der Waals surface area contributed by atoms with Crippen LogP contribution in [0.2, 0.25) is 0 Å². The van der Waals surface area contributed by atoms with Gasteiger partial charge in [-0.15, -0.1) is 11.8 Å². The lowest BCUT2D eigenvalue weighted by molar-refractivity contribution is -0.128. The molecule has 8 heteroatoms. The van der Waals surface area contributed by atoms with Crippen LogP contribution in [0.1, 0.15) is 32.6 Å². The molecular formula is C25H22N4O3S. The van der Waals surface area contributed by atoms with Gasteiger partial charge in [-0.2, -0.15) is 0 Å². The molecule has 2 amide bonds. The Labute approximate surface area is 195 Å². The SMILES string of the molecule is O=C(NCc1ccc(-n2ccnc2)cc1)c1ccc([C@H]2SCC(=O)N2Cc2ccco2)cc1. The number of rotatable bonds is 7. The highest BCUT2D eigenvalue weighted by atomic mass is 32.2. The lowest BCUT2D eigenvalue weighted by atomic mass is 10.1. The van der Waals surface area contributed by atoms with Crippen molar-refractivity contribution in [3.63, 3.8) is 0 Å². The van der Waals surface area contributed by atoms with E-state index in [0.717, 1.165) is 22.6 Å². The third-order valence-corrected chi connectivity index (χ3v) is 6.78. The van der Waals surface area contributed by atoms with E-state index in [9.17, 15) is 9.59 Å². The van der Waals surface area contributed by atoms with Crippen LogP contribution in [-0.4, -0.2) is 32.0 Å². The molecule has 0 aliphatic carbocycles. The van der Waals surface area contributed by atoms with Crippen molar-refractivity contribution in [1.29, 1.82) is 0 Å². The number of hydrogen-bond donors (Lipinski definition) is 1. The number of carbonyl (C=O) groups excluding carboxylic acids is 2. The molecule has 1 saturated heterocycles. The van der Waals surface area contributed by atoms with Crippen LogP contribution in [0, 0.1) is 0 Å². The fourth-order valence-corrected chi connectivity index (χ4v) is 4.94. The van der Waals surface area contributed by atoms with E-state index in [1.165, 1.54) is 0 Å². The van der Waals surface area contributed by atoms with E-state index in [0.29, 0.717) is 24.4 Å². The summed E-state index contributed by atoms with van der Waals surface area (Å²) >= 11 is 1.58. The number of nitrogens with one attached hydrogen (secondary N) is 1. The van der Waals surface area contributed by atoms with E-state index >= 15 is 0 Å². The molecule has 2 aromatic heterocycles. The minimum absolute atomic E-state index is 0.0854. The molecule has 0 unspecified atom stereocenters. The fraction of sp³-hybridized carbons (Fsp3) is 0.160. The smallest absolute Gasteiger partial charge is 0.251 e. The summed E-state index contributed by atoms with van der Waals surface area (Å²) in [5.41, 5.74) is 3.60. The first-order chi connectivity index (χ1) is 16.2. The highest BCUT2D eigenvalue weighted by molar-refractivity contribution is 8.00. The largest absolute Gasteiger partial charge is 0.467 e. The van der Waals surface area contributed by atoms with Crippen molar-refractivity contribution in [2.24, 2.45) is 0 Å². The van der Waals surface area contributed by atoms with Crippen LogP contribution in [0.3, 0.4) is 0 Å². The summed E-state index contributed by atoms with van der Waals surface area (Å²) in [6.45, 7) is 0.875. The van der Waals surface area contributed by atoms with Gasteiger partial charge in [-0.1, -0.05) is 24.3 Å². The van der Waals surface area contributed by atoms with Gasteiger partial charge >= 0.3 is 0 Å². The zero-order valence-corrected chi connectivity index (χ0v) is 18.6. The molecule has 1 N–H and O–H groups in total. The average Bonchev–Trinajstić information content (AvgIpc) is 3.62. The van der Waals surface area contributed by atoms with Crippen molar-refractivity contribution in [1.82, 2.24) is 19.8 Å². The molecule has 2 aromatic carbocycles. The van der Waals surface area contributed by atoms with Crippen molar-refractivity contribution in [2.75, 3.05) is 5.75 Å². The summed E-state index contributed by atoms with van der Waals surface area (Å²) in [5.74, 6) is 1.14. The van der Waals surface area contributed by atoms with Gasteiger partial charge in [0.25, 0.3) is 5.91 Å². The standard InChI is InChI=1S/C25H22N4O3S/c30-23-16-33-25(29(23)15-22-2-1-13-32-22)20-7-5-19(6-8-20)24(31)27-14-18-3-9-21(10-4-18)28-12-11-26-17-28/h1-13,17,25H,14-16H2,(H,27,31)/t25-/m1/s1. The number of amides is 2. The highest BCUT2D eigenvalue weighted by Crippen LogP contribution is 2.39. The average molecular weight is 459 g/mol. The lowest BCUT2D eigenvalue weighted by Gasteiger charge is -2.23. The molecular weight excluding hydrogens is 436 g/mol. The third kappa shape index (κ3) is 4.70. The molecule has 0 spiro atoms. The molecule has 7 nitrogen and oxygen atoms in total. The molecule has 166 valence electrons. The number of imidazole rings is 1. The maximum Gasteiger partial charge on any atom is 0.251 e. The summed E-state index contributed by atoms with van der Waals surface area (Å²) in [6.07, 6.45) is 6.98. The molecule has 4 aromatic rings. The Morgan fingerprint density at radius 1 is 1.12 bits per heavy atom. The van der Waals surface area contributed by atoms with E-state index in [1.54, 1.807) is 42.7 Å². The van der Waals surface area contributed by atoms with Crippen LogP contribution in [-0.2, 0) is 17.9 Å². The van der Waals surface area contributed by atoms with Gasteiger partial charge in [-0.25, -0.2) is 4.98 Å². The van der Waals surface area contributed by atoms with Crippen LogP contribution in [0.4, 0.5) is 0 Å². The van der Waals surface area contributed by atoms with Gasteiger partial charge in [0.05, 0.1) is 24.9 Å². The normalized spacial score (nSPS) is 15.7. The second-order valence-corrected chi connectivity index (χ2v) is 8.77. The van der Waals surface area contributed by atoms with Crippen LogP contribution in [0.25, 0.3) is 5.69 Å². The Kier molecular flexibility index (Phi) is 5.99. The molecule has 5 rings (SSSR count). The zero-order valence-electron chi connectivity index (χ0n) is 17.8. The summed E-state index contributed by atoms with van der Waals surface area (Å²) in [6, 6.07) is 19.1. The van der Waals surface area contributed by atoms with Crippen molar-refractivity contribution in [2.45, 2.75) is 18.5 Å². The summed E-state index contributed by atoms with van der Waals surface area (Å²) in [5, 5.41) is 2.87. The first kappa shape index (κ1) is 21.1. The third-order valence-electron chi connectivity index (χ3n) is 5.52. The van der Waals surface area contributed by atoms with Gasteiger partial charge < -0.3 is 19.2 Å². The number of carbonyl (C=O) groups is 2. The van der Waals surface area contributed by atoms with Gasteiger partial charge in [0.15, 0.2) is 0 Å². The number of hydrogen-bond acceptors (Lipinski definition) is 5. The van der Waals surface area contributed by atoms with E-state index in [1.807, 2.05) is 64.2 Å². The molecule has 1 atom stereocenters. The van der Waals surface area contributed by atoms with Crippen LogP contribution < -0.4 is 5.32 Å². The molecule has 0 saturated carbocycles. The Balaban J connectivity index is 1.20. The van der Waals surface area contributed by atoms with Gasteiger partial charge in [0.2, 0.25) is 5.91 Å². The monoisotopic (exact) mass is 458 g/mol. The quantitative estimate of drug-likeness (QED) is 0.450. The van der Waals surface area contributed by atoms with Crippen molar-refractivity contribution < 1.29 is 14.0 Å². The Hall–Kier alpha value is -3.78. The van der Waals surface area contributed by atoms with Gasteiger partial charge in [-0.05, 0) is 47.5 Å². The minimum Gasteiger partial charge on any atom is -0.467 e. The predicted octanol–water partition coefficient (Wildman–Crippen LogP) is 4.17. The van der Waals surface area contributed by atoms with Crippen LogP contribution in [0.5, 0.6) is 0 Å². The molecule has 1 fully saturated rings. The second kappa shape index (κ2) is 9.38. The van der Waals surface area contributed by atoms with E-state index in [-0.39, 0.29) is 17.2 Å². The molecule has 0 radical (unpaired) electrons. The maximum absolute atomic E-state index is 12.6. The number of benzene rings is 2. The van der Waals surface area contributed by atoms with E-state index in [4.69, 9.17) is 4.42 Å². The Morgan fingerprint density at radius 2 is 1.94 bits per heavy atom. The minimum atomic E-state index is -0.136. The van der Waals surface area contributed by atoms with Gasteiger partial charge in [0.1, 0.15) is 11.1 Å². The van der Waals surface area contributed by atoms with Crippen LogP contribution in [0.15, 0.2) is 90.1 Å². The molecule has 3 heterocycles. The zero-order chi connectivity index (χ0) is 22.6. The van der Waals surface area contributed by atoms with E-state index in [2.05, 4.69) is 10.3 Å². The number of aromatic nitrogens is 2. The van der Waals surface area contributed by atoms with Gasteiger partial charge in [0, 0.05) is 30.2 Å². The Morgan fingerprint density at radius 3 is 2.64 bits per heavy atom.